The quantitative estimate of drug-likeness (QED) is 0.819. The van der Waals surface area contributed by atoms with Crippen LogP contribution in [0.15, 0.2) is 12.1 Å². The van der Waals surface area contributed by atoms with Crippen LogP contribution in [0.2, 0.25) is 0 Å². The standard InChI is InChI=1S/C13H18N4/c1-9-7-12(14)17-13(15-9)8-11(16-17)10-5-3-2-4-6-10/h7-8,10H,2-6,14H2,1H3. The molecule has 0 atom stereocenters. The Bertz CT molecular complexity index is 538. The van der Waals surface area contributed by atoms with Gasteiger partial charge in [0.25, 0.3) is 0 Å². The van der Waals surface area contributed by atoms with Gasteiger partial charge in [0, 0.05) is 23.7 Å². The number of nitrogens with two attached hydrogens (primary N) is 1. The molecule has 2 N–H and O–H groups in total. The molecule has 1 saturated carbocycles. The largest absolute Gasteiger partial charge is 0.384 e. The van der Waals surface area contributed by atoms with Crippen LogP contribution in [-0.2, 0) is 0 Å². The third kappa shape index (κ3) is 1.88. The molecule has 0 spiro atoms. The van der Waals surface area contributed by atoms with Crippen molar-refractivity contribution in [3.05, 3.63) is 23.5 Å². The Morgan fingerprint density at radius 3 is 2.76 bits per heavy atom. The zero-order valence-electron chi connectivity index (χ0n) is 10.2. The normalized spacial score (nSPS) is 17.7. The molecule has 2 aromatic rings. The van der Waals surface area contributed by atoms with Crippen molar-refractivity contribution in [3.63, 3.8) is 0 Å². The van der Waals surface area contributed by atoms with Gasteiger partial charge in [0.15, 0.2) is 5.65 Å². The van der Waals surface area contributed by atoms with Crippen molar-refractivity contribution in [1.29, 1.82) is 0 Å². The van der Waals surface area contributed by atoms with Gasteiger partial charge in [-0.2, -0.15) is 9.61 Å². The predicted molar refractivity (Wildman–Crippen MR) is 68.0 cm³/mol. The van der Waals surface area contributed by atoms with E-state index in [9.17, 15) is 0 Å². The molecule has 0 saturated heterocycles. The molecule has 1 aliphatic rings. The van der Waals surface area contributed by atoms with Crippen LogP contribution in [0.25, 0.3) is 5.65 Å². The van der Waals surface area contributed by atoms with Gasteiger partial charge in [-0.15, -0.1) is 0 Å². The lowest BCUT2D eigenvalue weighted by molar-refractivity contribution is 0.435. The second-order valence-corrected chi connectivity index (χ2v) is 5.00. The van der Waals surface area contributed by atoms with Crippen molar-refractivity contribution >= 4 is 11.5 Å². The van der Waals surface area contributed by atoms with Crippen molar-refractivity contribution in [2.75, 3.05) is 5.73 Å². The van der Waals surface area contributed by atoms with Crippen molar-refractivity contribution in [2.45, 2.75) is 44.9 Å². The summed E-state index contributed by atoms with van der Waals surface area (Å²) in [6.07, 6.45) is 6.51. The van der Waals surface area contributed by atoms with Crippen LogP contribution < -0.4 is 5.73 Å². The molecule has 90 valence electrons. The number of nitrogens with zero attached hydrogens (tertiary/aromatic N) is 3. The molecule has 0 amide bonds. The summed E-state index contributed by atoms with van der Waals surface area (Å²) < 4.78 is 1.76. The van der Waals surface area contributed by atoms with Gasteiger partial charge in [0.2, 0.25) is 0 Å². The van der Waals surface area contributed by atoms with E-state index >= 15 is 0 Å². The number of aromatic nitrogens is 3. The van der Waals surface area contributed by atoms with E-state index in [1.54, 1.807) is 4.52 Å². The molecule has 2 heterocycles. The highest BCUT2D eigenvalue weighted by Gasteiger charge is 2.19. The Morgan fingerprint density at radius 1 is 1.24 bits per heavy atom. The highest BCUT2D eigenvalue weighted by atomic mass is 15.3. The van der Waals surface area contributed by atoms with Crippen molar-refractivity contribution in [2.24, 2.45) is 0 Å². The topological polar surface area (TPSA) is 56.2 Å². The number of aryl methyl sites for hydroxylation is 1. The van der Waals surface area contributed by atoms with E-state index in [0.717, 1.165) is 17.0 Å². The molecular weight excluding hydrogens is 212 g/mol. The molecule has 4 heteroatoms. The minimum Gasteiger partial charge on any atom is -0.384 e. The van der Waals surface area contributed by atoms with E-state index in [2.05, 4.69) is 16.1 Å². The molecule has 0 bridgehead atoms. The van der Waals surface area contributed by atoms with Crippen LogP contribution >= 0.6 is 0 Å². The Labute approximate surface area is 101 Å². The molecule has 4 nitrogen and oxygen atoms in total. The third-order valence-corrected chi connectivity index (χ3v) is 3.63. The first-order valence-electron chi connectivity index (χ1n) is 6.37. The first-order chi connectivity index (χ1) is 8.24. The summed E-state index contributed by atoms with van der Waals surface area (Å²) in [4.78, 5) is 4.47. The van der Waals surface area contributed by atoms with Gasteiger partial charge in [-0.1, -0.05) is 19.3 Å². The van der Waals surface area contributed by atoms with Crippen LogP contribution in [0, 0.1) is 6.92 Å². The van der Waals surface area contributed by atoms with Gasteiger partial charge in [0.05, 0.1) is 5.69 Å². The monoisotopic (exact) mass is 230 g/mol. The summed E-state index contributed by atoms with van der Waals surface area (Å²) in [6, 6.07) is 3.96. The molecule has 3 rings (SSSR count). The summed E-state index contributed by atoms with van der Waals surface area (Å²) in [6.45, 7) is 1.96. The van der Waals surface area contributed by atoms with Gasteiger partial charge in [-0.3, -0.25) is 0 Å². The summed E-state index contributed by atoms with van der Waals surface area (Å²) in [5.74, 6) is 1.28. The number of anilines is 1. The molecule has 0 unspecified atom stereocenters. The van der Waals surface area contributed by atoms with E-state index < -0.39 is 0 Å². The zero-order chi connectivity index (χ0) is 11.8. The molecule has 1 aliphatic carbocycles. The lowest BCUT2D eigenvalue weighted by atomic mass is 9.87. The van der Waals surface area contributed by atoms with E-state index in [0.29, 0.717) is 11.7 Å². The number of rotatable bonds is 1. The summed E-state index contributed by atoms with van der Waals surface area (Å²) in [7, 11) is 0. The first kappa shape index (κ1) is 10.6. The molecule has 0 aliphatic heterocycles. The van der Waals surface area contributed by atoms with Crippen LogP contribution in [0.5, 0.6) is 0 Å². The molecule has 1 fully saturated rings. The highest BCUT2D eigenvalue weighted by molar-refractivity contribution is 5.48. The fraction of sp³-hybridized carbons (Fsp3) is 0.538. The summed E-state index contributed by atoms with van der Waals surface area (Å²) in [5, 5.41) is 4.61. The second-order valence-electron chi connectivity index (χ2n) is 5.00. The van der Waals surface area contributed by atoms with Crippen LogP contribution in [-0.4, -0.2) is 14.6 Å². The lowest BCUT2D eigenvalue weighted by Gasteiger charge is -2.18. The second kappa shape index (κ2) is 4.02. The van der Waals surface area contributed by atoms with E-state index in [1.165, 1.54) is 32.1 Å². The molecule has 2 aromatic heterocycles. The number of fused-ring (bicyclic) bond motifs is 1. The number of hydrogen-bond acceptors (Lipinski definition) is 3. The van der Waals surface area contributed by atoms with E-state index in [-0.39, 0.29) is 0 Å². The average Bonchev–Trinajstić information content (AvgIpc) is 2.74. The fourth-order valence-corrected chi connectivity index (χ4v) is 2.74. The third-order valence-electron chi connectivity index (χ3n) is 3.63. The van der Waals surface area contributed by atoms with Crippen molar-refractivity contribution in [3.8, 4) is 0 Å². The minimum absolute atomic E-state index is 0.602. The fourth-order valence-electron chi connectivity index (χ4n) is 2.74. The Hall–Kier alpha value is -1.58. The molecular formula is C13H18N4. The Kier molecular flexibility index (Phi) is 2.50. The minimum atomic E-state index is 0.602. The van der Waals surface area contributed by atoms with Crippen molar-refractivity contribution in [1.82, 2.24) is 14.6 Å². The maximum atomic E-state index is 5.96. The molecule has 17 heavy (non-hydrogen) atoms. The average molecular weight is 230 g/mol. The smallest absolute Gasteiger partial charge is 0.157 e. The number of nitrogen functional groups attached to an aromatic ring is 1. The van der Waals surface area contributed by atoms with E-state index in [1.807, 2.05) is 13.0 Å². The number of hydrogen-bond donors (Lipinski definition) is 1. The highest BCUT2D eigenvalue weighted by Crippen LogP contribution is 2.32. The molecule has 0 radical (unpaired) electrons. The van der Waals surface area contributed by atoms with Crippen LogP contribution in [0.4, 0.5) is 5.82 Å². The van der Waals surface area contributed by atoms with Gasteiger partial charge in [0.1, 0.15) is 5.82 Å². The summed E-state index contributed by atoms with van der Waals surface area (Å²) >= 11 is 0. The van der Waals surface area contributed by atoms with Gasteiger partial charge in [-0.25, -0.2) is 4.98 Å². The lowest BCUT2D eigenvalue weighted by Crippen LogP contribution is -2.06. The molecule has 0 aromatic carbocycles. The summed E-state index contributed by atoms with van der Waals surface area (Å²) in [5.41, 5.74) is 8.95. The SMILES string of the molecule is Cc1cc(N)n2nc(C3CCCCC3)cc2n1. The maximum absolute atomic E-state index is 5.96. The van der Waals surface area contributed by atoms with E-state index in [4.69, 9.17) is 5.73 Å². The maximum Gasteiger partial charge on any atom is 0.157 e. The Morgan fingerprint density at radius 2 is 2.00 bits per heavy atom. The first-order valence-corrected chi connectivity index (χ1v) is 6.37. The van der Waals surface area contributed by atoms with Crippen LogP contribution in [0.1, 0.15) is 49.4 Å². The predicted octanol–water partition coefficient (Wildman–Crippen LogP) is 2.67. The van der Waals surface area contributed by atoms with Crippen LogP contribution in [0.3, 0.4) is 0 Å². The van der Waals surface area contributed by atoms with Gasteiger partial charge in [-0.05, 0) is 19.8 Å². The zero-order valence-corrected chi connectivity index (χ0v) is 10.2. The van der Waals surface area contributed by atoms with Crippen molar-refractivity contribution < 1.29 is 0 Å². The van der Waals surface area contributed by atoms with Gasteiger partial charge >= 0.3 is 0 Å². The van der Waals surface area contributed by atoms with Gasteiger partial charge < -0.3 is 5.73 Å². The Balaban J connectivity index is 2.03.